The summed E-state index contributed by atoms with van der Waals surface area (Å²) in [6.45, 7) is 4.02. The molecule has 0 spiro atoms. The second-order valence-electron chi connectivity index (χ2n) is 4.04. The van der Waals surface area contributed by atoms with Gasteiger partial charge in [-0.1, -0.05) is 6.07 Å². The van der Waals surface area contributed by atoms with Gasteiger partial charge in [-0.3, -0.25) is 4.79 Å². The van der Waals surface area contributed by atoms with Crippen molar-refractivity contribution in [2.24, 2.45) is 0 Å². The van der Waals surface area contributed by atoms with E-state index in [0.29, 0.717) is 0 Å². The van der Waals surface area contributed by atoms with Crippen molar-refractivity contribution in [3.63, 3.8) is 0 Å². The fourth-order valence-electron chi connectivity index (χ4n) is 1.58. The molecule has 1 heterocycles. The Morgan fingerprint density at radius 3 is 2.67 bits per heavy atom. The number of rotatable bonds is 3. The van der Waals surface area contributed by atoms with Crippen molar-refractivity contribution in [1.29, 1.82) is 0 Å². The molecule has 94 valence electrons. The Morgan fingerprint density at radius 2 is 2.06 bits per heavy atom. The van der Waals surface area contributed by atoms with Crippen LogP contribution < -0.4 is 10.1 Å². The van der Waals surface area contributed by atoms with Gasteiger partial charge in [0.25, 0.3) is 5.91 Å². The van der Waals surface area contributed by atoms with Crippen molar-refractivity contribution < 1.29 is 9.53 Å². The summed E-state index contributed by atoms with van der Waals surface area (Å²) >= 11 is 1.51. The van der Waals surface area contributed by atoms with Crippen LogP contribution in [0.25, 0.3) is 0 Å². The molecular weight excluding hydrogens is 246 g/mol. The number of thiophene rings is 1. The zero-order valence-electron chi connectivity index (χ0n) is 10.6. The largest absolute Gasteiger partial charge is 0.497 e. The van der Waals surface area contributed by atoms with Crippen LogP contribution in [0.4, 0.5) is 5.69 Å². The minimum Gasteiger partial charge on any atom is -0.497 e. The third kappa shape index (κ3) is 2.71. The highest BCUT2D eigenvalue weighted by Gasteiger charge is 2.10. The summed E-state index contributed by atoms with van der Waals surface area (Å²) in [5.41, 5.74) is 1.89. The van der Waals surface area contributed by atoms with Gasteiger partial charge in [0.2, 0.25) is 0 Å². The summed E-state index contributed by atoms with van der Waals surface area (Å²) in [5.74, 6) is 0.649. The minimum atomic E-state index is -0.0792. The van der Waals surface area contributed by atoms with E-state index in [1.54, 1.807) is 13.2 Å². The van der Waals surface area contributed by atoms with Crippen LogP contribution in [-0.4, -0.2) is 13.0 Å². The van der Waals surface area contributed by atoms with Gasteiger partial charge >= 0.3 is 0 Å². The van der Waals surface area contributed by atoms with Gasteiger partial charge in [-0.25, -0.2) is 0 Å². The molecule has 0 aliphatic carbocycles. The molecular formula is C14H15NO2S. The molecule has 1 amide bonds. The normalized spacial score (nSPS) is 10.2. The van der Waals surface area contributed by atoms with Crippen LogP contribution in [0.5, 0.6) is 5.75 Å². The number of aryl methyl sites for hydroxylation is 2. The van der Waals surface area contributed by atoms with Gasteiger partial charge in [0.05, 0.1) is 12.0 Å². The van der Waals surface area contributed by atoms with Crippen molar-refractivity contribution >= 4 is 22.9 Å². The lowest BCUT2D eigenvalue weighted by Gasteiger charge is -2.05. The highest BCUT2D eigenvalue weighted by Crippen LogP contribution is 2.23. The van der Waals surface area contributed by atoms with Crippen molar-refractivity contribution in [2.75, 3.05) is 12.4 Å². The molecule has 1 N–H and O–H groups in total. The first kappa shape index (κ1) is 12.6. The molecule has 0 aliphatic rings. The Bertz CT molecular complexity index is 555. The molecule has 1 aromatic heterocycles. The first-order valence-electron chi connectivity index (χ1n) is 5.62. The fraction of sp³-hybridized carbons (Fsp3) is 0.214. The Balaban J connectivity index is 2.15. The molecule has 0 aliphatic heterocycles. The zero-order chi connectivity index (χ0) is 13.1. The molecule has 0 radical (unpaired) electrons. The lowest BCUT2D eigenvalue weighted by Crippen LogP contribution is -2.10. The average Bonchev–Trinajstić information content (AvgIpc) is 2.70. The molecule has 1 aromatic carbocycles. The molecule has 18 heavy (non-hydrogen) atoms. The van der Waals surface area contributed by atoms with Crippen LogP contribution >= 0.6 is 11.3 Å². The number of benzene rings is 1. The van der Waals surface area contributed by atoms with Crippen molar-refractivity contribution in [3.05, 3.63) is 45.6 Å². The van der Waals surface area contributed by atoms with E-state index < -0.39 is 0 Å². The molecule has 0 saturated carbocycles. The van der Waals surface area contributed by atoms with E-state index >= 15 is 0 Å². The summed E-state index contributed by atoms with van der Waals surface area (Å²) in [6, 6.07) is 9.24. The fourth-order valence-corrected chi connectivity index (χ4v) is 2.51. The predicted molar refractivity (Wildman–Crippen MR) is 74.7 cm³/mol. The van der Waals surface area contributed by atoms with Gasteiger partial charge in [-0.2, -0.15) is 0 Å². The van der Waals surface area contributed by atoms with E-state index in [9.17, 15) is 4.79 Å². The second-order valence-corrected chi connectivity index (χ2v) is 5.29. The number of nitrogens with one attached hydrogen (secondary N) is 1. The molecule has 4 heteroatoms. The Kier molecular flexibility index (Phi) is 3.67. The maximum absolute atomic E-state index is 12.0. The second kappa shape index (κ2) is 5.23. The molecule has 0 fully saturated rings. The zero-order valence-corrected chi connectivity index (χ0v) is 11.4. The van der Waals surface area contributed by atoms with E-state index in [-0.39, 0.29) is 5.91 Å². The minimum absolute atomic E-state index is 0.0792. The molecule has 2 rings (SSSR count). The summed E-state index contributed by atoms with van der Waals surface area (Å²) in [7, 11) is 1.60. The molecule has 2 aromatic rings. The lowest BCUT2D eigenvalue weighted by atomic mass is 10.2. The lowest BCUT2D eigenvalue weighted by molar-refractivity contribution is 0.103. The third-order valence-corrected chi connectivity index (χ3v) is 3.87. The van der Waals surface area contributed by atoms with Gasteiger partial charge in [0, 0.05) is 16.6 Å². The van der Waals surface area contributed by atoms with Gasteiger partial charge < -0.3 is 10.1 Å². The van der Waals surface area contributed by atoms with E-state index in [0.717, 1.165) is 21.9 Å². The average molecular weight is 261 g/mol. The molecule has 0 atom stereocenters. The summed E-state index contributed by atoms with van der Waals surface area (Å²) in [6.07, 6.45) is 0. The number of amides is 1. The van der Waals surface area contributed by atoms with Gasteiger partial charge in [-0.15, -0.1) is 11.3 Å². The number of carbonyl (C=O) groups excluding carboxylic acids is 1. The van der Waals surface area contributed by atoms with Crippen molar-refractivity contribution in [2.45, 2.75) is 13.8 Å². The summed E-state index contributed by atoms with van der Waals surface area (Å²) in [4.78, 5) is 13.9. The maximum atomic E-state index is 12.0. The number of anilines is 1. The van der Waals surface area contributed by atoms with Gasteiger partial charge in [0.15, 0.2) is 0 Å². The quantitative estimate of drug-likeness (QED) is 0.916. The Hall–Kier alpha value is -1.81. The highest BCUT2D eigenvalue weighted by atomic mass is 32.1. The van der Waals surface area contributed by atoms with Crippen LogP contribution in [0.15, 0.2) is 30.3 Å². The monoisotopic (exact) mass is 261 g/mol. The Morgan fingerprint density at radius 1 is 1.28 bits per heavy atom. The summed E-state index contributed by atoms with van der Waals surface area (Å²) < 4.78 is 5.12. The van der Waals surface area contributed by atoms with Crippen LogP contribution in [0.3, 0.4) is 0 Å². The van der Waals surface area contributed by atoms with Crippen molar-refractivity contribution in [1.82, 2.24) is 0 Å². The van der Waals surface area contributed by atoms with Crippen LogP contribution in [0, 0.1) is 13.8 Å². The predicted octanol–water partition coefficient (Wildman–Crippen LogP) is 3.63. The topological polar surface area (TPSA) is 38.3 Å². The van der Waals surface area contributed by atoms with E-state index in [1.807, 2.05) is 38.1 Å². The first-order valence-corrected chi connectivity index (χ1v) is 6.44. The summed E-state index contributed by atoms with van der Waals surface area (Å²) in [5, 5.41) is 2.86. The third-order valence-electron chi connectivity index (χ3n) is 2.72. The Labute approximate surface area is 110 Å². The van der Waals surface area contributed by atoms with E-state index in [1.165, 1.54) is 16.2 Å². The molecule has 0 bridgehead atoms. The number of ether oxygens (including phenoxy) is 1. The van der Waals surface area contributed by atoms with Crippen LogP contribution in [-0.2, 0) is 0 Å². The SMILES string of the molecule is COc1cccc(NC(=O)c2cc(C)c(C)s2)c1. The van der Waals surface area contributed by atoms with Crippen LogP contribution in [0.2, 0.25) is 0 Å². The smallest absolute Gasteiger partial charge is 0.265 e. The number of hydrogen-bond acceptors (Lipinski definition) is 3. The van der Waals surface area contributed by atoms with E-state index in [4.69, 9.17) is 4.74 Å². The number of methoxy groups -OCH3 is 1. The van der Waals surface area contributed by atoms with Crippen molar-refractivity contribution in [3.8, 4) is 5.75 Å². The van der Waals surface area contributed by atoms with Gasteiger partial charge in [-0.05, 0) is 37.6 Å². The molecule has 3 nitrogen and oxygen atoms in total. The van der Waals surface area contributed by atoms with E-state index in [2.05, 4.69) is 5.32 Å². The molecule has 0 saturated heterocycles. The van der Waals surface area contributed by atoms with Crippen LogP contribution in [0.1, 0.15) is 20.1 Å². The molecule has 0 unspecified atom stereocenters. The van der Waals surface area contributed by atoms with Gasteiger partial charge in [0.1, 0.15) is 5.75 Å². The first-order chi connectivity index (χ1) is 8.60. The number of carbonyl (C=O) groups is 1. The number of hydrogen-bond donors (Lipinski definition) is 1. The highest BCUT2D eigenvalue weighted by molar-refractivity contribution is 7.14. The maximum Gasteiger partial charge on any atom is 0.265 e. The standard InChI is InChI=1S/C14H15NO2S/c1-9-7-13(18-10(9)2)14(16)15-11-5-4-6-12(8-11)17-3/h4-8H,1-3H3,(H,15,16).